The van der Waals surface area contributed by atoms with Crippen LogP contribution in [0.15, 0.2) is 18.2 Å². The van der Waals surface area contributed by atoms with Crippen molar-refractivity contribution in [3.63, 3.8) is 0 Å². The fourth-order valence-electron chi connectivity index (χ4n) is 1.44. The quantitative estimate of drug-likeness (QED) is 0.538. The number of benzene rings is 1. The Morgan fingerprint density at radius 1 is 1.38 bits per heavy atom. The Bertz CT molecular complexity index is 304. The Morgan fingerprint density at radius 2 is 2.00 bits per heavy atom. The second kappa shape index (κ2) is 3.53. The molecule has 0 atom stereocenters. The maximum absolute atomic E-state index is 9.34. The number of rotatable bonds is 2. The molecule has 0 amide bonds. The molecule has 1 nitrogen and oxygen atoms in total. The first-order valence-electron chi connectivity index (χ1n) is 4.67. The molecule has 13 heavy (non-hydrogen) atoms. The van der Waals surface area contributed by atoms with E-state index in [0.29, 0.717) is 11.0 Å². The van der Waals surface area contributed by atoms with Gasteiger partial charge in [-0.15, -0.1) is 0 Å². The standard InChI is InChI=1S/C9H15B3O/c1-9(2,11)12-6-3-4-8(13)7(10)5-6/h3-5,12-13H,10-11H2,1-2H3. The largest absolute Gasteiger partial charge is 0.509 e. The lowest BCUT2D eigenvalue weighted by Gasteiger charge is -2.16. The third kappa shape index (κ3) is 3.21. The number of phenolic OH excluding ortho intramolecular Hbond substituents is 1. The lowest BCUT2D eigenvalue weighted by Crippen LogP contribution is -2.28. The van der Waals surface area contributed by atoms with E-state index >= 15 is 0 Å². The van der Waals surface area contributed by atoms with E-state index in [9.17, 15) is 5.11 Å². The van der Waals surface area contributed by atoms with E-state index in [0.717, 1.165) is 12.7 Å². The van der Waals surface area contributed by atoms with Crippen molar-refractivity contribution in [2.45, 2.75) is 19.1 Å². The minimum Gasteiger partial charge on any atom is -0.509 e. The second-order valence-electron chi connectivity index (χ2n) is 4.86. The summed E-state index contributed by atoms with van der Waals surface area (Å²) in [5, 5.41) is 9.65. The molecule has 1 aromatic carbocycles. The monoisotopic (exact) mass is 172 g/mol. The van der Waals surface area contributed by atoms with Crippen LogP contribution < -0.4 is 10.9 Å². The number of phenols is 1. The van der Waals surface area contributed by atoms with Gasteiger partial charge in [-0.25, -0.2) is 0 Å². The predicted molar refractivity (Wildman–Crippen MR) is 65.7 cm³/mol. The molecule has 0 saturated carbocycles. The summed E-state index contributed by atoms with van der Waals surface area (Å²) in [7, 11) is 5.20. The molecule has 0 aliphatic rings. The highest BCUT2D eigenvalue weighted by Crippen LogP contribution is 2.14. The first kappa shape index (κ1) is 10.3. The van der Waals surface area contributed by atoms with Gasteiger partial charge in [-0.05, 0) is 11.5 Å². The summed E-state index contributed by atoms with van der Waals surface area (Å²) in [5.74, 6) is 0.387. The van der Waals surface area contributed by atoms with Crippen molar-refractivity contribution in [1.82, 2.24) is 0 Å². The zero-order chi connectivity index (χ0) is 10.1. The van der Waals surface area contributed by atoms with Gasteiger partial charge in [0.25, 0.3) is 0 Å². The Hall–Kier alpha value is -0.785. The zero-order valence-electron chi connectivity index (χ0n) is 8.89. The highest BCUT2D eigenvalue weighted by Gasteiger charge is 2.13. The normalized spacial score (nSPS) is 11.2. The minimum absolute atomic E-state index is 0.309. The molecule has 0 radical (unpaired) electrons. The summed E-state index contributed by atoms with van der Waals surface area (Å²) in [6.45, 7) is 4.43. The maximum Gasteiger partial charge on any atom is 0.155 e. The summed E-state index contributed by atoms with van der Waals surface area (Å²) in [5.41, 5.74) is 2.25. The molecule has 0 heterocycles. The summed E-state index contributed by atoms with van der Waals surface area (Å²) in [6, 6.07) is 5.82. The molecule has 1 aromatic rings. The Morgan fingerprint density at radius 3 is 2.46 bits per heavy atom. The van der Waals surface area contributed by atoms with Gasteiger partial charge < -0.3 is 5.11 Å². The van der Waals surface area contributed by atoms with E-state index < -0.39 is 0 Å². The van der Waals surface area contributed by atoms with Gasteiger partial charge in [0.05, 0.1) is 7.85 Å². The lowest BCUT2D eigenvalue weighted by molar-refractivity contribution is 0.480. The van der Waals surface area contributed by atoms with Crippen LogP contribution in [0.1, 0.15) is 13.8 Å². The van der Waals surface area contributed by atoms with Crippen LogP contribution in [0.25, 0.3) is 0 Å². The van der Waals surface area contributed by atoms with Crippen LogP contribution in [0, 0.1) is 0 Å². The van der Waals surface area contributed by atoms with E-state index in [1.165, 1.54) is 5.46 Å². The van der Waals surface area contributed by atoms with Gasteiger partial charge in [0, 0.05) is 0 Å². The molecule has 0 spiro atoms. The number of hydrogen-bond acceptors (Lipinski definition) is 1. The predicted octanol–water partition coefficient (Wildman–Crippen LogP) is -1.50. The molecule has 0 aliphatic heterocycles. The zero-order valence-corrected chi connectivity index (χ0v) is 8.89. The summed E-state index contributed by atoms with van der Waals surface area (Å²) >= 11 is 0. The summed E-state index contributed by atoms with van der Waals surface area (Å²) in [4.78, 5) is 0. The van der Waals surface area contributed by atoms with E-state index in [4.69, 9.17) is 0 Å². The topological polar surface area (TPSA) is 20.2 Å². The Labute approximate surface area is 82.6 Å². The fraction of sp³-hybridized carbons (Fsp3) is 0.333. The van der Waals surface area contributed by atoms with E-state index in [1.54, 1.807) is 6.07 Å². The van der Waals surface area contributed by atoms with Gasteiger partial charge in [0.2, 0.25) is 0 Å². The van der Waals surface area contributed by atoms with Crippen LogP contribution >= 0.6 is 0 Å². The Balaban J connectivity index is 2.86. The molecule has 66 valence electrons. The smallest absolute Gasteiger partial charge is 0.155 e. The SMILES string of the molecule is Bc1cc(BC(B)(C)C)ccc1O. The fourth-order valence-corrected chi connectivity index (χ4v) is 1.44. The van der Waals surface area contributed by atoms with E-state index in [1.807, 2.05) is 13.9 Å². The van der Waals surface area contributed by atoms with Crippen LogP contribution in [-0.2, 0) is 0 Å². The van der Waals surface area contributed by atoms with Crippen LogP contribution in [0.4, 0.5) is 0 Å². The van der Waals surface area contributed by atoms with Gasteiger partial charge in [0.15, 0.2) is 7.28 Å². The van der Waals surface area contributed by atoms with Crippen LogP contribution in [0.5, 0.6) is 5.75 Å². The van der Waals surface area contributed by atoms with Crippen LogP contribution in [0.3, 0.4) is 0 Å². The average molecular weight is 172 g/mol. The molecular weight excluding hydrogens is 157 g/mol. The molecule has 0 fully saturated rings. The molecular formula is C9H15B3O. The molecule has 0 bridgehead atoms. The minimum atomic E-state index is 0.309. The van der Waals surface area contributed by atoms with Crippen molar-refractivity contribution in [1.29, 1.82) is 0 Å². The molecule has 1 rings (SSSR count). The van der Waals surface area contributed by atoms with Gasteiger partial charge >= 0.3 is 0 Å². The number of aromatic hydroxyl groups is 1. The maximum atomic E-state index is 9.34. The van der Waals surface area contributed by atoms with Gasteiger partial charge in [-0.3, -0.25) is 0 Å². The van der Waals surface area contributed by atoms with E-state index in [-0.39, 0.29) is 0 Å². The average Bonchev–Trinajstić information content (AvgIpc) is 1.94. The molecule has 0 saturated heterocycles. The van der Waals surface area contributed by atoms with Gasteiger partial charge in [-0.1, -0.05) is 36.7 Å². The van der Waals surface area contributed by atoms with E-state index in [2.05, 4.69) is 27.8 Å². The van der Waals surface area contributed by atoms with Crippen molar-refractivity contribution in [3.8, 4) is 5.75 Å². The second-order valence-corrected chi connectivity index (χ2v) is 4.86. The lowest BCUT2D eigenvalue weighted by atomic mass is 9.41. The van der Waals surface area contributed by atoms with Crippen molar-refractivity contribution in [2.24, 2.45) is 0 Å². The molecule has 1 N–H and O–H groups in total. The molecule has 0 aromatic heterocycles. The Kier molecular flexibility index (Phi) is 2.79. The third-order valence-electron chi connectivity index (χ3n) is 2.00. The molecule has 4 heteroatoms. The van der Waals surface area contributed by atoms with Crippen LogP contribution in [-0.4, -0.2) is 28.1 Å². The highest BCUT2D eigenvalue weighted by molar-refractivity contribution is 6.65. The van der Waals surface area contributed by atoms with Crippen LogP contribution in [0.2, 0.25) is 5.21 Å². The van der Waals surface area contributed by atoms with Crippen molar-refractivity contribution in [2.75, 3.05) is 0 Å². The first-order chi connectivity index (χ1) is 5.88. The van der Waals surface area contributed by atoms with Crippen molar-refractivity contribution < 1.29 is 5.11 Å². The van der Waals surface area contributed by atoms with Crippen molar-refractivity contribution in [3.05, 3.63) is 18.2 Å². The summed E-state index contributed by atoms with van der Waals surface area (Å²) < 4.78 is 0. The molecule has 0 unspecified atom stereocenters. The summed E-state index contributed by atoms with van der Waals surface area (Å²) in [6.07, 6.45) is 0. The first-order valence-corrected chi connectivity index (χ1v) is 4.67. The van der Waals surface area contributed by atoms with Gasteiger partial charge in [-0.2, -0.15) is 0 Å². The highest BCUT2D eigenvalue weighted by atomic mass is 16.3. The van der Waals surface area contributed by atoms with Crippen molar-refractivity contribution >= 4 is 33.9 Å². The van der Waals surface area contributed by atoms with Gasteiger partial charge in [0.1, 0.15) is 13.6 Å². The molecule has 0 aliphatic carbocycles. The number of hydrogen-bond donors (Lipinski definition) is 1. The third-order valence-corrected chi connectivity index (χ3v) is 2.00.